The Morgan fingerprint density at radius 3 is 2.03 bits per heavy atom. The highest BCUT2D eigenvalue weighted by Gasteiger charge is 2.14. The van der Waals surface area contributed by atoms with E-state index in [-0.39, 0.29) is 5.91 Å². The number of carbonyl (C=O) groups is 1. The van der Waals surface area contributed by atoms with Gasteiger partial charge in [-0.15, -0.1) is 0 Å². The van der Waals surface area contributed by atoms with Crippen molar-refractivity contribution in [3.05, 3.63) is 95.6 Å². The summed E-state index contributed by atoms with van der Waals surface area (Å²) in [7, 11) is 3.15. The van der Waals surface area contributed by atoms with Gasteiger partial charge >= 0.3 is 0 Å². The molecular weight excluding hydrogens is 390 g/mol. The number of rotatable bonds is 10. The minimum absolute atomic E-state index is 0.154. The van der Waals surface area contributed by atoms with E-state index >= 15 is 0 Å². The van der Waals surface area contributed by atoms with E-state index in [1.54, 1.807) is 20.3 Å². The van der Waals surface area contributed by atoms with Gasteiger partial charge in [0.2, 0.25) is 11.7 Å². The van der Waals surface area contributed by atoms with Crippen LogP contribution in [0.1, 0.15) is 16.7 Å². The van der Waals surface area contributed by atoms with E-state index in [2.05, 4.69) is 5.32 Å². The third-order valence-corrected chi connectivity index (χ3v) is 4.69. The van der Waals surface area contributed by atoms with Crippen LogP contribution in [0.5, 0.6) is 17.2 Å². The van der Waals surface area contributed by atoms with Crippen molar-refractivity contribution in [1.82, 2.24) is 5.32 Å². The molecule has 0 bridgehead atoms. The molecule has 0 spiro atoms. The summed E-state index contributed by atoms with van der Waals surface area (Å²) in [5.41, 5.74) is 3.01. The summed E-state index contributed by atoms with van der Waals surface area (Å²) >= 11 is 0. The Hall–Kier alpha value is -3.73. The van der Waals surface area contributed by atoms with Crippen molar-refractivity contribution in [1.29, 1.82) is 0 Å². The van der Waals surface area contributed by atoms with Gasteiger partial charge in [0.25, 0.3) is 0 Å². The Balaban J connectivity index is 1.63. The lowest BCUT2D eigenvalue weighted by Gasteiger charge is -2.15. The van der Waals surface area contributed by atoms with Crippen LogP contribution >= 0.6 is 0 Å². The first-order valence-corrected chi connectivity index (χ1v) is 10.1. The Bertz CT molecular complexity index is 975. The second-order valence-corrected chi connectivity index (χ2v) is 6.89. The minimum atomic E-state index is -0.154. The highest BCUT2D eigenvalue weighted by molar-refractivity contribution is 5.91. The molecule has 0 atom stereocenters. The minimum Gasteiger partial charge on any atom is -0.493 e. The van der Waals surface area contributed by atoms with Crippen LogP contribution in [0.25, 0.3) is 6.08 Å². The van der Waals surface area contributed by atoms with Gasteiger partial charge in [0, 0.05) is 12.6 Å². The number of benzene rings is 3. The zero-order chi connectivity index (χ0) is 21.9. The van der Waals surface area contributed by atoms with E-state index < -0.39 is 0 Å². The van der Waals surface area contributed by atoms with Gasteiger partial charge in [0.05, 0.1) is 14.2 Å². The maximum Gasteiger partial charge on any atom is 0.244 e. The van der Waals surface area contributed by atoms with Gasteiger partial charge in [0.1, 0.15) is 6.61 Å². The SMILES string of the molecule is COc1cc(/C=C/C(=O)NCCc2ccccc2)cc(OC)c1OCc1ccccc1. The van der Waals surface area contributed by atoms with Crippen molar-refractivity contribution in [2.45, 2.75) is 13.0 Å². The second kappa shape index (κ2) is 11.5. The highest BCUT2D eigenvalue weighted by Crippen LogP contribution is 2.39. The molecule has 31 heavy (non-hydrogen) atoms. The molecular formula is C26H27NO4. The molecule has 1 N–H and O–H groups in total. The van der Waals surface area contributed by atoms with Gasteiger partial charge in [-0.25, -0.2) is 0 Å². The summed E-state index contributed by atoms with van der Waals surface area (Å²) in [6, 6.07) is 23.6. The molecule has 0 aliphatic heterocycles. The summed E-state index contributed by atoms with van der Waals surface area (Å²) in [5.74, 6) is 1.45. The molecule has 0 unspecified atom stereocenters. The molecule has 0 aliphatic rings. The Kier molecular flexibility index (Phi) is 8.12. The standard InChI is InChI=1S/C26H27NO4/c1-29-23-17-22(13-14-25(28)27-16-15-20-9-5-3-6-10-20)18-24(30-2)26(23)31-19-21-11-7-4-8-12-21/h3-14,17-18H,15-16,19H2,1-2H3,(H,27,28)/b14-13+. The molecule has 0 radical (unpaired) electrons. The second-order valence-electron chi connectivity index (χ2n) is 6.89. The van der Waals surface area contributed by atoms with Crippen molar-refractivity contribution < 1.29 is 19.0 Å². The van der Waals surface area contributed by atoms with Crippen LogP contribution in [0, 0.1) is 0 Å². The molecule has 0 saturated carbocycles. The van der Waals surface area contributed by atoms with Crippen LogP contribution in [-0.4, -0.2) is 26.7 Å². The first-order chi connectivity index (χ1) is 15.2. The maximum atomic E-state index is 12.2. The van der Waals surface area contributed by atoms with Crippen LogP contribution < -0.4 is 19.5 Å². The Labute approximate surface area is 183 Å². The number of hydrogen-bond donors (Lipinski definition) is 1. The van der Waals surface area contributed by atoms with Crippen molar-refractivity contribution >= 4 is 12.0 Å². The van der Waals surface area contributed by atoms with E-state index in [1.165, 1.54) is 11.6 Å². The van der Waals surface area contributed by atoms with Gasteiger partial charge in [-0.2, -0.15) is 0 Å². The first-order valence-electron chi connectivity index (χ1n) is 10.1. The number of nitrogens with one attached hydrogen (secondary N) is 1. The summed E-state index contributed by atoms with van der Waals surface area (Å²) in [5, 5.41) is 2.90. The molecule has 5 heteroatoms. The third kappa shape index (κ3) is 6.64. The lowest BCUT2D eigenvalue weighted by molar-refractivity contribution is -0.116. The molecule has 0 aromatic heterocycles. The van der Waals surface area contributed by atoms with Crippen molar-refractivity contribution in [2.24, 2.45) is 0 Å². The average Bonchev–Trinajstić information content (AvgIpc) is 2.82. The van der Waals surface area contributed by atoms with E-state index in [1.807, 2.05) is 72.8 Å². The van der Waals surface area contributed by atoms with Crippen LogP contribution in [0.3, 0.4) is 0 Å². The molecule has 3 aromatic rings. The molecule has 0 aliphatic carbocycles. The van der Waals surface area contributed by atoms with Crippen LogP contribution in [0.2, 0.25) is 0 Å². The highest BCUT2D eigenvalue weighted by atomic mass is 16.5. The molecule has 0 heterocycles. The van der Waals surface area contributed by atoms with Crippen molar-refractivity contribution in [3.63, 3.8) is 0 Å². The fourth-order valence-electron chi connectivity index (χ4n) is 3.07. The Morgan fingerprint density at radius 2 is 1.45 bits per heavy atom. The fraction of sp³-hybridized carbons (Fsp3) is 0.192. The molecule has 5 nitrogen and oxygen atoms in total. The van der Waals surface area contributed by atoms with E-state index in [4.69, 9.17) is 14.2 Å². The molecule has 0 saturated heterocycles. The molecule has 3 rings (SSSR count). The number of hydrogen-bond acceptors (Lipinski definition) is 4. The van der Waals surface area contributed by atoms with Crippen LogP contribution in [0.15, 0.2) is 78.9 Å². The van der Waals surface area contributed by atoms with Gasteiger partial charge in [-0.3, -0.25) is 4.79 Å². The topological polar surface area (TPSA) is 56.8 Å². The maximum absolute atomic E-state index is 12.2. The molecule has 0 fully saturated rings. The lowest BCUT2D eigenvalue weighted by Crippen LogP contribution is -2.23. The van der Waals surface area contributed by atoms with Gasteiger partial charge in [-0.1, -0.05) is 60.7 Å². The predicted octanol–water partition coefficient (Wildman–Crippen LogP) is 4.65. The molecule has 3 aromatic carbocycles. The Morgan fingerprint density at radius 1 is 0.871 bits per heavy atom. The van der Waals surface area contributed by atoms with E-state index in [0.717, 1.165) is 17.5 Å². The summed E-state index contributed by atoms with van der Waals surface area (Å²) in [6.07, 6.45) is 4.02. The monoisotopic (exact) mass is 417 g/mol. The average molecular weight is 418 g/mol. The number of carbonyl (C=O) groups excluding carboxylic acids is 1. The van der Waals surface area contributed by atoms with Crippen molar-refractivity contribution in [3.8, 4) is 17.2 Å². The largest absolute Gasteiger partial charge is 0.493 e. The predicted molar refractivity (Wildman–Crippen MR) is 123 cm³/mol. The van der Waals surface area contributed by atoms with Crippen molar-refractivity contribution in [2.75, 3.05) is 20.8 Å². The quantitative estimate of drug-likeness (QED) is 0.488. The fourth-order valence-corrected chi connectivity index (χ4v) is 3.07. The molecule has 1 amide bonds. The summed E-state index contributed by atoms with van der Waals surface area (Å²) < 4.78 is 17.0. The number of amides is 1. The third-order valence-electron chi connectivity index (χ3n) is 4.69. The zero-order valence-electron chi connectivity index (χ0n) is 17.8. The zero-order valence-corrected chi connectivity index (χ0v) is 17.8. The van der Waals surface area contributed by atoms with E-state index in [0.29, 0.717) is 30.4 Å². The summed E-state index contributed by atoms with van der Waals surface area (Å²) in [4.78, 5) is 12.2. The normalized spacial score (nSPS) is 10.6. The van der Waals surface area contributed by atoms with Crippen LogP contribution in [-0.2, 0) is 17.8 Å². The lowest BCUT2D eigenvalue weighted by atomic mass is 10.1. The first kappa shape index (κ1) is 22.0. The van der Waals surface area contributed by atoms with Gasteiger partial charge in [0.15, 0.2) is 11.5 Å². The summed E-state index contributed by atoms with van der Waals surface area (Å²) in [6.45, 7) is 0.971. The van der Waals surface area contributed by atoms with Crippen LogP contribution in [0.4, 0.5) is 0 Å². The van der Waals surface area contributed by atoms with Gasteiger partial charge < -0.3 is 19.5 Å². The molecule has 160 valence electrons. The number of ether oxygens (including phenoxy) is 3. The van der Waals surface area contributed by atoms with E-state index in [9.17, 15) is 4.79 Å². The van der Waals surface area contributed by atoms with Gasteiger partial charge in [-0.05, 0) is 41.3 Å². The number of methoxy groups -OCH3 is 2. The smallest absolute Gasteiger partial charge is 0.244 e.